The molecule has 160 valence electrons. The van der Waals surface area contributed by atoms with Gasteiger partial charge in [-0.05, 0) is 31.5 Å². The lowest BCUT2D eigenvalue weighted by atomic mass is 10.2. The van der Waals surface area contributed by atoms with E-state index in [1.165, 1.54) is 4.31 Å². The first-order chi connectivity index (χ1) is 15.0. The van der Waals surface area contributed by atoms with Crippen molar-refractivity contribution in [2.24, 2.45) is 0 Å². The van der Waals surface area contributed by atoms with E-state index in [1.54, 1.807) is 30.5 Å². The number of ether oxygens (including phenoxy) is 1. The molecular formula is C26H27NO3S. The Labute approximate surface area is 185 Å². The fourth-order valence-electron chi connectivity index (χ4n) is 3.01. The molecule has 0 aliphatic carbocycles. The smallest absolute Gasteiger partial charge is 0.264 e. The molecule has 0 amide bonds. The molecule has 0 aromatic heterocycles. The highest BCUT2D eigenvalue weighted by molar-refractivity contribution is 7.89. The standard InChI is InChI=1S/C26H27NO3S/c1-3-30-26(24-14-8-5-9-15-24)21-27(20-10-13-23-11-6-4-7-12-23)31(28,29)25-18-16-22(2)17-19-25/h4-19,21H,3,20H2,1-2H3/b13-10+,26-21-. The lowest BCUT2D eigenvalue weighted by Gasteiger charge is -2.21. The Hall–Kier alpha value is -3.31. The number of hydrogen-bond donors (Lipinski definition) is 0. The monoisotopic (exact) mass is 433 g/mol. The number of benzene rings is 3. The third-order valence-corrected chi connectivity index (χ3v) is 6.38. The zero-order chi connectivity index (χ0) is 22.1. The molecule has 0 fully saturated rings. The van der Waals surface area contributed by atoms with Crippen molar-refractivity contribution in [3.63, 3.8) is 0 Å². The summed E-state index contributed by atoms with van der Waals surface area (Å²) in [6.45, 7) is 4.41. The Morgan fingerprint density at radius 3 is 2.13 bits per heavy atom. The van der Waals surface area contributed by atoms with Gasteiger partial charge in [-0.1, -0.05) is 90.5 Å². The maximum absolute atomic E-state index is 13.4. The Balaban J connectivity index is 2.00. The first kappa shape index (κ1) is 22.4. The van der Waals surface area contributed by atoms with E-state index in [9.17, 15) is 8.42 Å². The van der Waals surface area contributed by atoms with Gasteiger partial charge in [-0.2, -0.15) is 0 Å². The Kier molecular flexibility index (Phi) is 7.68. The maximum atomic E-state index is 13.4. The molecule has 0 radical (unpaired) electrons. The minimum atomic E-state index is -3.77. The van der Waals surface area contributed by atoms with Crippen molar-refractivity contribution in [3.05, 3.63) is 114 Å². The molecule has 0 spiro atoms. The molecule has 3 aromatic rings. The lowest BCUT2D eigenvalue weighted by Crippen LogP contribution is -2.27. The van der Waals surface area contributed by atoms with E-state index in [2.05, 4.69) is 0 Å². The SMILES string of the molecule is CCO/C(=C\N(C/C=C/c1ccccc1)S(=O)(=O)c1ccc(C)cc1)c1ccccc1. The molecular weight excluding hydrogens is 406 g/mol. The van der Waals surface area contributed by atoms with Crippen LogP contribution in [0.3, 0.4) is 0 Å². The van der Waals surface area contributed by atoms with E-state index in [-0.39, 0.29) is 11.4 Å². The lowest BCUT2D eigenvalue weighted by molar-refractivity contribution is 0.294. The fraction of sp³-hybridized carbons (Fsp3) is 0.154. The van der Waals surface area contributed by atoms with Gasteiger partial charge < -0.3 is 4.74 Å². The third kappa shape index (κ3) is 6.09. The molecule has 3 rings (SSSR count). The second-order valence-electron chi connectivity index (χ2n) is 6.99. The molecule has 0 heterocycles. The van der Waals surface area contributed by atoms with Crippen LogP contribution in [0, 0.1) is 6.92 Å². The van der Waals surface area contributed by atoms with Crippen LogP contribution in [0.2, 0.25) is 0 Å². The summed E-state index contributed by atoms with van der Waals surface area (Å²) in [6.07, 6.45) is 5.32. The number of sulfonamides is 1. The van der Waals surface area contributed by atoms with E-state index in [0.29, 0.717) is 12.4 Å². The molecule has 0 unspecified atom stereocenters. The minimum Gasteiger partial charge on any atom is -0.492 e. The Morgan fingerprint density at radius 2 is 1.52 bits per heavy atom. The highest BCUT2D eigenvalue weighted by Crippen LogP contribution is 2.22. The highest BCUT2D eigenvalue weighted by atomic mass is 32.2. The quantitative estimate of drug-likeness (QED) is 0.405. The van der Waals surface area contributed by atoms with Gasteiger partial charge in [0.2, 0.25) is 0 Å². The van der Waals surface area contributed by atoms with Gasteiger partial charge in [0.25, 0.3) is 10.0 Å². The summed E-state index contributed by atoms with van der Waals surface area (Å²) in [5.41, 5.74) is 2.83. The average Bonchev–Trinajstić information content (AvgIpc) is 2.79. The van der Waals surface area contributed by atoms with Crippen molar-refractivity contribution in [2.75, 3.05) is 13.2 Å². The molecule has 3 aromatic carbocycles. The molecule has 0 bridgehead atoms. The van der Waals surface area contributed by atoms with E-state index in [0.717, 1.165) is 16.7 Å². The van der Waals surface area contributed by atoms with Gasteiger partial charge in [0.15, 0.2) is 0 Å². The van der Waals surface area contributed by atoms with Gasteiger partial charge >= 0.3 is 0 Å². The van der Waals surface area contributed by atoms with Crippen molar-refractivity contribution < 1.29 is 13.2 Å². The summed E-state index contributed by atoms with van der Waals surface area (Å²) < 4.78 is 34.0. The van der Waals surface area contributed by atoms with Gasteiger partial charge in [-0.25, -0.2) is 8.42 Å². The van der Waals surface area contributed by atoms with Crippen molar-refractivity contribution >= 4 is 21.9 Å². The third-order valence-electron chi connectivity index (χ3n) is 4.64. The van der Waals surface area contributed by atoms with Gasteiger partial charge in [0.1, 0.15) is 5.76 Å². The van der Waals surface area contributed by atoms with Crippen LogP contribution < -0.4 is 0 Å². The molecule has 0 saturated carbocycles. The maximum Gasteiger partial charge on any atom is 0.264 e. The van der Waals surface area contributed by atoms with Crippen LogP contribution in [0.5, 0.6) is 0 Å². The van der Waals surface area contributed by atoms with Crippen LogP contribution in [0.15, 0.2) is 102 Å². The highest BCUT2D eigenvalue weighted by Gasteiger charge is 2.22. The largest absolute Gasteiger partial charge is 0.492 e. The molecule has 0 N–H and O–H groups in total. The number of nitrogens with zero attached hydrogens (tertiary/aromatic N) is 1. The van der Waals surface area contributed by atoms with Crippen LogP contribution >= 0.6 is 0 Å². The van der Waals surface area contributed by atoms with Gasteiger partial charge in [0, 0.05) is 5.56 Å². The van der Waals surface area contributed by atoms with Crippen molar-refractivity contribution in [2.45, 2.75) is 18.7 Å². The summed E-state index contributed by atoms with van der Waals surface area (Å²) in [5.74, 6) is 0.506. The zero-order valence-corrected chi connectivity index (χ0v) is 18.6. The van der Waals surface area contributed by atoms with Crippen LogP contribution in [0.4, 0.5) is 0 Å². The van der Waals surface area contributed by atoms with Gasteiger partial charge in [-0.3, -0.25) is 4.31 Å². The van der Waals surface area contributed by atoms with E-state index in [4.69, 9.17) is 4.74 Å². The topological polar surface area (TPSA) is 46.6 Å². The van der Waals surface area contributed by atoms with Crippen LogP contribution in [-0.2, 0) is 14.8 Å². The van der Waals surface area contributed by atoms with E-state index >= 15 is 0 Å². The van der Waals surface area contributed by atoms with Crippen molar-refractivity contribution in [3.8, 4) is 0 Å². The van der Waals surface area contributed by atoms with Crippen LogP contribution in [-0.4, -0.2) is 25.9 Å². The molecule has 0 saturated heterocycles. The van der Waals surface area contributed by atoms with Crippen LogP contribution in [0.1, 0.15) is 23.6 Å². The normalized spacial score (nSPS) is 12.1. The predicted octanol–water partition coefficient (Wildman–Crippen LogP) is 5.73. The first-order valence-electron chi connectivity index (χ1n) is 10.2. The molecule has 0 aliphatic heterocycles. The predicted molar refractivity (Wildman–Crippen MR) is 127 cm³/mol. The molecule has 4 nitrogen and oxygen atoms in total. The van der Waals surface area contributed by atoms with Crippen LogP contribution in [0.25, 0.3) is 11.8 Å². The molecule has 0 atom stereocenters. The molecule has 0 aliphatic rings. The van der Waals surface area contributed by atoms with Crippen molar-refractivity contribution in [1.29, 1.82) is 0 Å². The fourth-order valence-corrected chi connectivity index (χ4v) is 4.27. The van der Waals surface area contributed by atoms with Crippen molar-refractivity contribution in [1.82, 2.24) is 4.31 Å². The molecule has 31 heavy (non-hydrogen) atoms. The summed E-state index contributed by atoms with van der Waals surface area (Å²) >= 11 is 0. The second kappa shape index (κ2) is 10.6. The minimum absolute atomic E-state index is 0.175. The van der Waals surface area contributed by atoms with Gasteiger partial charge in [-0.15, -0.1) is 0 Å². The van der Waals surface area contributed by atoms with E-state index in [1.807, 2.05) is 86.7 Å². The summed E-state index contributed by atoms with van der Waals surface area (Å²) in [7, 11) is -3.77. The Morgan fingerprint density at radius 1 is 0.903 bits per heavy atom. The summed E-state index contributed by atoms with van der Waals surface area (Å²) in [4.78, 5) is 0.242. The number of aryl methyl sites for hydroxylation is 1. The summed E-state index contributed by atoms with van der Waals surface area (Å²) in [5, 5.41) is 0. The summed E-state index contributed by atoms with van der Waals surface area (Å²) in [6, 6.07) is 26.2. The van der Waals surface area contributed by atoms with E-state index < -0.39 is 10.0 Å². The van der Waals surface area contributed by atoms with Gasteiger partial charge in [0.05, 0.1) is 24.2 Å². The number of rotatable bonds is 9. The number of hydrogen-bond acceptors (Lipinski definition) is 3. The second-order valence-corrected chi connectivity index (χ2v) is 8.88. The molecule has 5 heteroatoms. The average molecular weight is 434 g/mol. The zero-order valence-electron chi connectivity index (χ0n) is 17.8. The first-order valence-corrected chi connectivity index (χ1v) is 11.6. The Bertz CT molecular complexity index is 1120.